The minimum atomic E-state index is -0.563. The highest BCUT2D eigenvalue weighted by Crippen LogP contribution is 2.19. The molecule has 0 aromatic heterocycles. The van der Waals surface area contributed by atoms with Gasteiger partial charge in [-0.3, -0.25) is 10.1 Å². The Balaban J connectivity index is 2.09. The summed E-state index contributed by atoms with van der Waals surface area (Å²) in [6.07, 6.45) is 0. The Labute approximate surface area is 121 Å². The molecule has 0 fully saturated rings. The van der Waals surface area contributed by atoms with Gasteiger partial charge in [0.1, 0.15) is 12.4 Å². The predicted molar refractivity (Wildman–Crippen MR) is 75.2 cm³/mol. The van der Waals surface area contributed by atoms with Crippen molar-refractivity contribution in [3.63, 3.8) is 0 Å². The van der Waals surface area contributed by atoms with Gasteiger partial charge in [-0.15, -0.1) is 0 Å². The lowest BCUT2D eigenvalue weighted by molar-refractivity contribution is -0.385. The largest absolute Gasteiger partial charge is 0.497 e. The number of hydrogen-bond acceptors (Lipinski definition) is 5. The monoisotopic (exact) mass is 287 g/mol. The standard InChI is InChI=1S/C15H13NO5/c1-20-13-7-4-6-11(9-13)15(17)21-10-12-5-2-3-8-14(12)16(18)19/h2-9H,10H2,1H3. The van der Waals surface area contributed by atoms with Gasteiger partial charge in [0.15, 0.2) is 0 Å². The van der Waals surface area contributed by atoms with Crippen LogP contribution in [0.5, 0.6) is 5.75 Å². The summed E-state index contributed by atoms with van der Waals surface area (Å²) >= 11 is 0. The van der Waals surface area contributed by atoms with Gasteiger partial charge in [0.2, 0.25) is 0 Å². The summed E-state index contributed by atoms with van der Waals surface area (Å²) in [6, 6.07) is 12.6. The van der Waals surface area contributed by atoms with Gasteiger partial charge in [-0.05, 0) is 24.3 Å². The second-order valence-corrected chi connectivity index (χ2v) is 4.19. The molecule has 21 heavy (non-hydrogen) atoms. The fraction of sp³-hybridized carbons (Fsp3) is 0.133. The number of benzene rings is 2. The molecule has 0 unspecified atom stereocenters. The molecule has 0 saturated heterocycles. The first-order valence-electron chi connectivity index (χ1n) is 6.15. The van der Waals surface area contributed by atoms with Crippen LogP contribution in [0.25, 0.3) is 0 Å². The van der Waals surface area contributed by atoms with Gasteiger partial charge < -0.3 is 9.47 Å². The molecular formula is C15H13NO5. The van der Waals surface area contributed by atoms with E-state index in [1.807, 2.05) is 0 Å². The van der Waals surface area contributed by atoms with Gasteiger partial charge in [-0.2, -0.15) is 0 Å². The van der Waals surface area contributed by atoms with Crippen LogP contribution < -0.4 is 4.74 Å². The van der Waals surface area contributed by atoms with Crippen LogP contribution in [0.4, 0.5) is 5.69 Å². The van der Waals surface area contributed by atoms with Crippen molar-refractivity contribution < 1.29 is 19.2 Å². The van der Waals surface area contributed by atoms with Gasteiger partial charge >= 0.3 is 5.97 Å². The Hall–Kier alpha value is -2.89. The summed E-state index contributed by atoms with van der Waals surface area (Å²) in [5, 5.41) is 10.9. The first-order valence-corrected chi connectivity index (χ1v) is 6.15. The zero-order valence-electron chi connectivity index (χ0n) is 11.3. The van der Waals surface area contributed by atoms with E-state index in [4.69, 9.17) is 9.47 Å². The van der Waals surface area contributed by atoms with Gasteiger partial charge in [0.05, 0.1) is 23.2 Å². The maximum absolute atomic E-state index is 11.9. The first kappa shape index (κ1) is 14.5. The van der Waals surface area contributed by atoms with E-state index in [0.717, 1.165) is 0 Å². The van der Waals surface area contributed by atoms with Crippen LogP contribution in [0.15, 0.2) is 48.5 Å². The number of esters is 1. The highest BCUT2D eigenvalue weighted by atomic mass is 16.6. The summed E-state index contributed by atoms with van der Waals surface area (Å²) in [6.45, 7) is -0.160. The van der Waals surface area contributed by atoms with Crippen molar-refractivity contribution in [3.05, 3.63) is 69.8 Å². The van der Waals surface area contributed by atoms with Crippen LogP contribution in [-0.2, 0) is 11.3 Å². The van der Waals surface area contributed by atoms with Crippen molar-refractivity contribution in [3.8, 4) is 5.75 Å². The number of ether oxygens (including phenoxy) is 2. The van der Waals surface area contributed by atoms with E-state index in [2.05, 4.69) is 0 Å². The number of carbonyl (C=O) groups excluding carboxylic acids is 1. The molecule has 6 heteroatoms. The van der Waals surface area contributed by atoms with Crippen LogP contribution >= 0.6 is 0 Å². The molecule has 0 heterocycles. The van der Waals surface area contributed by atoms with E-state index in [0.29, 0.717) is 16.9 Å². The van der Waals surface area contributed by atoms with Crippen molar-refractivity contribution in [1.82, 2.24) is 0 Å². The number of hydrogen-bond donors (Lipinski definition) is 0. The Morgan fingerprint density at radius 1 is 1.19 bits per heavy atom. The van der Waals surface area contributed by atoms with E-state index in [1.165, 1.54) is 13.2 Å². The average molecular weight is 287 g/mol. The Morgan fingerprint density at radius 3 is 2.67 bits per heavy atom. The third-order valence-corrected chi connectivity index (χ3v) is 2.85. The molecule has 0 aliphatic rings. The van der Waals surface area contributed by atoms with Crippen LogP contribution in [-0.4, -0.2) is 18.0 Å². The molecular weight excluding hydrogens is 274 g/mol. The Bertz CT molecular complexity index is 669. The summed E-state index contributed by atoms with van der Waals surface area (Å²) in [7, 11) is 1.50. The zero-order valence-corrected chi connectivity index (χ0v) is 11.3. The number of nitro groups is 1. The van der Waals surface area contributed by atoms with Crippen LogP contribution in [0.1, 0.15) is 15.9 Å². The van der Waals surface area contributed by atoms with E-state index >= 15 is 0 Å². The molecule has 0 saturated carbocycles. The molecule has 0 N–H and O–H groups in total. The van der Waals surface area contributed by atoms with Crippen LogP contribution in [0.2, 0.25) is 0 Å². The Morgan fingerprint density at radius 2 is 1.95 bits per heavy atom. The number of nitrogens with zero attached hydrogens (tertiary/aromatic N) is 1. The fourth-order valence-corrected chi connectivity index (χ4v) is 1.79. The molecule has 2 aromatic rings. The number of para-hydroxylation sites is 1. The normalized spacial score (nSPS) is 9.95. The van der Waals surface area contributed by atoms with Gasteiger partial charge in [0.25, 0.3) is 5.69 Å². The molecule has 6 nitrogen and oxygen atoms in total. The summed E-state index contributed by atoms with van der Waals surface area (Å²) in [4.78, 5) is 22.3. The van der Waals surface area contributed by atoms with E-state index < -0.39 is 10.9 Å². The maximum Gasteiger partial charge on any atom is 0.338 e. The minimum Gasteiger partial charge on any atom is -0.497 e. The molecule has 2 aromatic carbocycles. The second kappa shape index (κ2) is 6.51. The van der Waals surface area contributed by atoms with Gasteiger partial charge in [-0.1, -0.05) is 18.2 Å². The predicted octanol–water partition coefficient (Wildman–Crippen LogP) is 2.96. The Kier molecular flexibility index (Phi) is 4.50. The van der Waals surface area contributed by atoms with Gasteiger partial charge in [0, 0.05) is 6.07 Å². The van der Waals surface area contributed by atoms with Crippen molar-refractivity contribution in [2.75, 3.05) is 7.11 Å². The molecule has 0 amide bonds. The minimum absolute atomic E-state index is 0.0732. The van der Waals surface area contributed by atoms with Crippen molar-refractivity contribution in [1.29, 1.82) is 0 Å². The molecule has 0 aliphatic carbocycles. The molecule has 0 radical (unpaired) electrons. The first-order chi connectivity index (χ1) is 10.1. The van der Waals surface area contributed by atoms with Gasteiger partial charge in [-0.25, -0.2) is 4.79 Å². The smallest absolute Gasteiger partial charge is 0.338 e. The number of carbonyl (C=O) groups is 1. The third-order valence-electron chi connectivity index (χ3n) is 2.85. The van der Waals surface area contributed by atoms with Crippen molar-refractivity contribution in [2.45, 2.75) is 6.61 Å². The van der Waals surface area contributed by atoms with Crippen molar-refractivity contribution >= 4 is 11.7 Å². The molecule has 2 rings (SSSR count). The number of methoxy groups -OCH3 is 1. The van der Waals surface area contributed by atoms with Crippen molar-refractivity contribution in [2.24, 2.45) is 0 Å². The van der Waals surface area contributed by atoms with Crippen LogP contribution in [0, 0.1) is 10.1 Å². The summed E-state index contributed by atoms with van der Waals surface area (Å²) in [5.41, 5.74) is 0.600. The lowest BCUT2D eigenvalue weighted by atomic mass is 10.2. The van der Waals surface area contributed by atoms with E-state index in [-0.39, 0.29) is 12.3 Å². The number of rotatable bonds is 5. The fourth-order valence-electron chi connectivity index (χ4n) is 1.79. The lowest BCUT2D eigenvalue weighted by Crippen LogP contribution is -2.06. The molecule has 0 bridgehead atoms. The molecule has 108 valence electrons. The molecule has 0 aliphatic heterocycles. The SMILES string of the molecule is COc1cccc(C(=O)OCc2ccccc2[N+](=O)[O-])c1. The molecule has 0 atom stereocenters. The zero-order chi connectivity index (χ0) is 15.2. The summed E-state index contributed by atoms with van der Waals surface area (Å²) in [5.74, 6) is -0.0257. The quantitative estimate of drug-likeness (QED) is 0.480. The third kappa shape index (κ3) is 3.56. The highest BCUT2D eigenvalue weighted by molar-refractivity contribution is 5.89. The van der Waals surface area contributed by atoms with E-state index in [1.54, 1.807) is 42.5 Å². The van der Waals surface area contributed by atoms with Crippen LogP contribution in [0.3, 0.4) is 0 Å². The average Bonchev–Trinajstić information content (AvgIpc) is 2.52. The van der Waals surface area contributed by atoms with E-state index in [9.17, 15) is 14.9 Å². The lowest BCUT2D eigenvalue weighted by Gasteiger charge is -2.06. The summed E-state index contributed by atoms with van der Waals surface area (Å²) < 4.78 is 10.1. The maximum atomic E-state index is 11.9. The number of nitro benzene ring substituents is 1. The topological polar surface area (TPSA) is 78.7 Å². The highest BCUT2D eigenvalue weighted by Gasteiger charge is 2.15. The second-order valence-electron chi connectivity index (χ2n) is 4.19. The molecule has 0 spiro atoms.